The van der Waals surface area contributed by atoms with E-state index in [0.717, 1.165) is 32.2 Å². The Balaban J connectivity index is 1.60. The van der Waals surface area contributed by atoms with Gasteiger partial charge in [0.15, 0.2) is 0 Å². The number of nitrogens with one attached hydrogen (secondary N) is 1. The molecule has 3 aliphatic rings. The first-order chi connectivity index (χ1) is 9.46. The van der Waals surface area contributed by atoms with Crippen LogP contribution in [0.5, 0.6) is 0 Å². The van der Waals surface area contributed by atoms with E-state index in [0.29, 0.717) is 12.6 Å². The first-order valence-corrected chi connectivity index (χ1v) is 8.00. The molecule has 0 heterocycles. The zero-order chi connectivity index (χ0) is 14.2. The Morgan fingerprint density at radius 3 is 2.20 bits per heavy atom. The lowest BCUT2D eigenvalue weighted by atomic mass is 9.85. The van der Waals surface area contributed by atoms with E-state index in [1.807, 2.05) is 0 Å². The average Bonchev–Trinajstić information content (AvgIpc) is 3.25. The van der Waals surface area contributed by atoms with E-state index in [1.54, 1.807) is 4.90 Å². The first kappa shape index (κ1) is 14.6. The Hall–Kier alpha value is -0.290. The number of alkyl halides is 3. The molecule has 0 aliphatic heterocycles. The topological polar surface area (TPSA) is 15.3 Å². The lowest BCUT2D eigenvalue weighted by Gasteiger charge is -2.36. The highest BCUT2D eigenvalue weighted by molar-refractivity contribution is 4.96. The van der Waals surface area contributed by atoms with Crippen molar-refractivity contribution in [2.45, 2.75) is 69.6 Å². The van der Waals surface area contributed by atoms with Crippen molar-refractivity contribution in [2.75, 3.05) is 19.6 Å². The summed E-state index contributed by atoms with van der Waals surface area (Å²) in [5.41, 5.74) is 0.0937. The number of hydrogen-bond acceptors (Lipinski definition) is 2. The standard InChI is InChI=1S/C15H25F3N2/c16-15(17,18)11-20(13-5-6-13)10-14(7-1-2-8-14)9-19-12-3-4-12/h12-13,19H,1-11H2. The molecule has 0 saturated heterocycles. The van der Waals surface area contributed by atoms with Crippen LogP contribution < -0.4 is 5.32 Å². The second kappa shape index (κ2) is 5.48. The van der Waals surface area contributed by atoms with Crippen molar-refractivity contribution >= 4 is 0 Å². The molecule has 20 heavy (non-hydrogen) atoms. The maximum absolute atomic E-state index is 12.8. The van der Waals surface area contributed by atoms with Gasteiger partial charge in [-0.05, 0) is 43.9 Å². The molecular formula is C15H25F3N2. The molecule has 0 bridgehead atoms. The third-order valence-corrected chi connectivity index (χ3v) is 4.99. The van der Waals surface area contributed by atoms with Crippen molar-refractivity contribution in [3.05, 3.63) is 0 Å². The van der Waals surface area contributed by atoms with E-state index in [1.165, 1.54) is 25.7 Å². The van der Waals surface area contributed by atoms with E-state index in [9.17, 15) is 13.2 Å². The minimum atomic E-state index is -4.06. The van der Waals surface area contributed by atoms with Gasteiger partial charge >= 0.3 is 6.18 Å². The quantitative estimate of drug-likeness (QED) is 0.774. The van der Waals surface area contributed by atoms with Gasteiger partial charge in [0, 0.05) is 25.2 Å². The molecule has 0 spiro atoms. The van der Waals surface area contributed by atoms with Crippen LogP contribution in [0.3, 0.4) is 0 Å². The molecule has 0 unspecified atom stereocenters. The van der Waals surface area contributed by atoms with Crippen molar-refractivity contribution in [1.82, 2.24) is 10.2 Å². The smallest absolute Gasteiger partial charge is 0.313 e. The molecule has 3 aliphatic carbocycles. The summed E-state index contributed by atoms with van der Waals surface area (Å²) in [6.45, 7) is 0.832. The third kappa shape index (κ3) is 4.10. The zero-order valence-electron chi connectivity index (χ0n) is 12.0. The summed E-state index contributed by atoms with van der Waals surface area (Å²) in [4.78, 5) is 1.72. The molecule has 0 aromatic heterocycles. The van der Waals surface area contributed by atoms with E-state index in [2.05, 4.69) is 5.32 Å². The predicted molar refractivity (Wildman–Crippen MR) is 72.6 cm³/mol. The molecule has 0 aromatic carbocycles. The average molecular weight is 290 g/mol. The summed E-state index contributed by atoms with van der Waals surface area (Å²) in [6, 6.07) is 0.833. The summed E-state index contributed by atoms with van der Waals surface area (Å²) in [6.07, 6.45) is 4.85. The van der Waals surface area contributed by atoms with Crippen LogP contribution in [0, 0.1) is 5.41 Å². The van der Waals surface area contributed by atoms with Gasteiger partial charge in [0.1, 0.15) is 0 Å². The third-order valence-electron chi connectivity index (χ3n) is 4.99. The van der Waals surface area contributed by atoms with Crippen molar-refractivity contribution in [1.29, 1.82) is 0 Å². The number of rotatable bonds is 7. The molecule has 0 amide bonds. The van der Waals surface area contributed by atoms with E-state index in [4.69, 9.17) is 0 Å². The molecular weight excluding hydrogens is 265 g/mol. The Morgan fingerprint density at radius 1 is 1.05 bits per heavy atom. The van der Waals surface area contributed by atoms with Crippen LogP contribution in [-0.4, -0.2) is 42.8 Å². The fraction of sp³-hybridized carbons (Fsp3) is 1.00. The Labute approximate surface area is 119 Å². The number of hydrogen-bond donors (Lipinski definition) is 1. The normalized spacial score (nSPS) is 26.4. The van der Waals surface area contributed by atoms with Gasteiger partial charge in [-0.25, -0.2) is 0 Å². The summed E-state index contributed by atoms with van der Waals surface area (Å²) < 4.78 is 38.3. The van der Waals surface area contributed by atoms with Crippen LogP contribution >= 0.6 is 0 Å². The molecule has 5 heteroatoms. The predicted octanol–water partition coefficient (Wildman–Crippen LogP) is 3.33. The highest BCUT2D eigenvalue weighted by Crippen LogP contribution is 2.42. The van der Waals surface area contributed by atoms with Gasteiger partial charge in [0.25, 0.3) is 0 Å². The van der Waals surface area contributed by atoms with Crippen molar-refractivity contribution in [3.8, 4) is 0 Å². The summed E-state index contributed by atoms with van der Waals surface area (Å²) in [5.74, 6) is 0. The summed E-state index contributed by atoms with van der Waals surface area (Å²) in [5, 5.41) is 3.56. The maximum atomic E-state index is 12.8. The second-order valence-electron chi connectivity index (χ2n) is 7.11. The monoisotopic (exact) mass is 290 g/mol. The Bertz CT molecular complexity index is 329. The molecule has 116 valence electrons. The van der Waals surface area contributed by atoms with Gasteiger partial charge in [-0.2, -0.15) is 13.2 Å². The van der Waals surface area contributed by atoms with Crippen LogP contribution in [0.25, 0.3) is 0 Å². The molecule has 3 fully saturated rings. The number of nitrogens with zero attached hydrogens (tertiary/aromatic N) is 1. The molecule has 0 aromatic rings. The Morgan fingerprint density at radius 2 is 1.70 bits per heavy atom. The van der Waals surface area contributed by atoms with Crippen molar-refractivity contribution in [2.24, 2.45) is 5.41 Å². The van der Waals surface area contributed by atoms with E-state index in [-0.39, 0.29) is 11.5 Å². The lowest BCUT2D eigenvalue weighted by molar-refractivity contribution is -0.150. The molecule has 2 nitrogen and oxygen atoms in total. The summed E-state index contributed by atoms with van der Waals surface area (Å²) in [7, 11) is 0. The molecule has 3 saturated carbocycles. The number of halogens is 3. The molecule has 0 atom stereocenters. The Kier molecular flexibility index (Phi) is 4.01. The first-order valence-electron chi connectivity index (χ1n) is 8.00. The van der Waals surface area contributed by atoms with Crippen molar-refractivity contribution in [3.63, 3.8) is 0 Å². The van der Waals surface area contributed by atoms with Crippen molar-refractivity contribution < 1.29 is 13.2 Å². The van der Waals surface area contributed by atoms with Gasteiger partial charge in [0.05, 0.1) is 6.54 Å². The summed E-state index contributed by atoms with van der Waals surface area (Å²) >= 11 is 0. The molecule has 3 rings (SSSR count). The van der Waals surface area contributed by atoms with Gasteiger partial charge in [-0.15, -0.1) is 0 Å². The largest absolute Gasteiger partial charge is 0.401 e. The van der Waals surface area contributed by atoms with Gasteiger partial charge in [0.2, 0.25) is 0 Å². The SMILES string of the molecule is FC(F)(F)CN(CC1(CNC2CC2)CCCC1)C1CC1. The van der Waals surface area contributed by atoms with Gasteiger partial charge < -0.3 is 5.32 Å². The van der Waals surface area contributed by atoms with E-state index >= 15 is 0 Å². The van der Waals surface area contributed by atoms with Gasteiger partial charge in [-0.1, -0.05) is 12.8 Å². The molecule has 0 radical (unpaired) electrons. The minimum absolute atomic E-state index is 0.0937. The highest BCUT2D eigenvalue weighted by atomic mass is 19.4. The van der Waals surface area contributed by atoms with Crippen LogP contribution in [0.2, 0.25) is 0 Å². The second-order valence-corrected chi connectivity index (χ2v) is 7.11. The van der Waals surface area contributed by atoms with Crippen LogP contribution in [0.15, 0.2) is 0 Å². The van der Waals surface area contributed by atoms with Gasteiger partial charge in [-0.3, -0.25) is 4.90 Å². The minimum Gasteiger partial charge on any atom is -0.313 e. The molecule has 1 N–H and O–H groups in total. The zero-order valence-corrected chi connectivity index (χ0v) is 12.0. The van der Waals surface area contributed by atoms with Crippen LogP contribution in [0.1, 0.15) is 51.4 Å². The lowest BCUT2D eigenvalue weighted by Crippen LogP contribution is -2.46. The fourth-order valence-electron chi connectivity index (χ4n) is 3.58. The maximum Gasteiger partial charge on any atom is 0.401 e. The fourth-order valence-corrected chi connectivity index (χ4v) is 3.58. The van der Waals surface area contributed by atoms with Crippen LogP contribution in [0.4, 0.5) is 13.2 Å². The van der Waals surface area contributed by atoms with E-state index < -0.39 is 12.7 Å². The highest BCUT2D eigenvalue weighted by Gasteiger charge is 2.44. The van der Waals surface area contributed by atoms with Crippen LogP contribution in [-0.2, 0) is 0 Å².